The zero-order chi connectivity index (χ0) is 18.4. The topological polar surface area (TPSA) is 37.0 Å². The zero-order valence-corrected chi connectivity index (χ0v) is 17.2. The molecule has 0 unspecified atom stereocenters. The monoisotopic (exact) mass is 353 g/mol. The summed E-state index contributed by atoms with van der Waals surface area (Å²) in [4.78, 5) is 10.3. The second kappa shape index (κ2) is 21.5. The Kier molecular flexibility index (Phi) is 21.1. The fourth-order valence-corrected chi connectivity index (χ4v) is 3.52. The number of unbranched alkanes of at least 4 members (excludes halogenated alkanes) is 19. The molecule has 2 nitrogen and oxygen atoms in total. The fourth-order valence-electron chi connectivity index (χ4n) is 3.52. The lowest BCUT2D eigenvalue weighted by Gasteiger charge is -2.04. The molecule has 0 heterocycles. The van der Waals surface area contributed by atoms with Crippen molar-refractivity contribution in [2.45, 2.75) is 142 Å². The van der Waals surface area contributed by atoms with Crippen LogP contribution in [0.2, 0.25) is 0 Å². The van der Waals surface area contributed by atoms with E-state index in [-0.39, 0.29) is 6.42 Å². The van der Waals surface area contributed by atoms with Crippen LogP contribution in [-0.2, 0) is 9.90 Å². The van der Waals surface area contributed by atoms with Crippen molar-refractivity contribution in [2.75, 3.05) is 0 Å². The maximum absolute atomic E-state index is 10.3. The third-order valence-electron chi connectivity index (χ3n) is 5.23. The van der Waals surface area contributed by atoms with Crippen molar-refractivity contribution >= 4 is 5.97 Å². The second-order valence-electron chi connectivity index (χ2n) is 7.84. The maximum Gasteiger partial charge on any atom is 0.355 e. The van der Waals surface area contributed by atoms with Crippen molar-refractivity contribution in [2.24, 2.45) is 0 Å². The lowest BCUT2D eigenvalue weighted by molar-refractivity contribution is -0.143. The number of hydrogen-bond acceptors (Lipinski definition) is 1. The van der Waals surface area contributed by atoms with E-state index in [2.05, 4.69) is 6.92 Å². The summed E-state index contributed by atoms with van der Waals surface area (Å²) in [6.07, 6.45) is 27.2. The molecule has 0 N–H and O–H groups in total. The molecule has 0 aliphatic carbocycles. The van der Waals surface area contributed by atoms with Gasteiger partial charge in [0.1, 0.15) is 0 Å². The molecule has 149 valence electrons. The highest BCUT2D eigenvalue weighted by Crippen LogP contribution is 2.14. The predicted molar refractivity (Wildman–Crippen MR) is 108 cm³/mol. The summed E-state index contributed by atoms with van der Waals surface area (Å²) in [5.41, 5.74) is 0. The standard InChI is InChI=1S/C23H45O2/c1-2-3-4-5-6-7-8-9-10-11-12-13-14-15-16-17-18-19-20-21-22-23(24)25/h2-22H2,1H3. The molecule has 0 aliphatic rings. The lowest BCUT2D eigenvalue weighted by atomic mass is 10.0. The highest BCUT2D eigenvalue weighted by atomic mass is 16.4. The van der Waals surface area contributed by atoms with Crippen molar-refractivity contribution in [3.05, 3.63) is 0 Å². The summed E-state index contributed by atoms with van der Waals surface area (Å²) in [7, 11) is 0. The van der Waals surface area contributed by atoms with E-state index in [9.17, 15) is 9.90 Å². The van der Waals surface area contributed by atoms with Crippen LogP contribution in [0.4, 0.5) is 0 Å². The van der Waals surface area contributed by atoms with Crippen molar-refractivity contribution < 1.29 is 9.90 Å². The third-order valence-corrected chi connectivity index (χ3v) is 5.23. The first kappa shape index (κ1) is 24.5. The summed E-state index contributed by atoms with van der Waals surface area (Å²) in [6, 6.07) is 0. The lowest BCUT2D eigenvalue weighted by Crippen LogP contribution is -1.91. The Morgan fingerprint density at radius 3 is 0.920 bits per heavy atom. The van der Waals surface area contributed by atoms with Crippen LogP contribution in [0.3, 0.4) is 0 Å². The van der Waals surface area contributed by atoms with Gasteiger partial charge in [-0.15, -0.1) is 0 Å². The van der Waals surface area contributed by atoms with E-state index >= 15 is 0 Å². The maximum atomic E-state index is 10.3. The number of rotatable bonds is 21. The van der Waals surface area contributed by atoms with Gasteiger partial charge >= 0.3 is 5.97 Å². The average Bonchev–Trinajstić information content (AvgIpc) is 2.60. The Morgan fingerprint density at radius 1 is 0.440 bits per heavy atom. The molecule has 0 saturated carbocycles. The molecule has 0 rings (SSSR count). The Morgan fingerprint density at radius 2 is 0.680 bits per heavy atom. The Balaban J connectivity index is 2.97. The minimum absolute atomic E-state index is 0.235. The van der Waals surface area contributed by atoms with E-state index < -0.39 is 5.97 Å². The van der Waals surface area contributed by atoms with Gasteiger partial charge in [-0.1, -0.05) is 129 Å². The van der Waals surface area contributed by atoms with Crippen LogP contribution < -0.4 is 0 Å². The van der Waals surface area contributed by atoms with Gasteiger partial charge in [-0.25, -0.2) is 9.90 Å². The first-order valence-corrected chi connectivity index (χ1v) is 11.5. The summed E-state index contributed by atoms with van der Waals surface area (Å²) >= 11 is 0. The Bertz CT molecular complexity index is 263. The van der Waals surface area contributed by atoms with Gasteiger partial charge in [0.05, 0.1) is 6.42 Å². The summed E-state index contributed by atoms with van der Waals surface area (Å²) in [6.45, 7) is 2.28. The van der Waals surface area contributed by atoms with Crippen LogP contribution in [0.15, 0.2) is 0 Å². The van der Waals surface area contributed by atoms with Gasteiger partial charge in [-0.05, 0) is 6.42 Å². The molecule has 0 fully saturated rings. The Labute approximate surface area is 158 Å². The summed E-state index contributed by atoms with van der Waals surface area (Å²) < 4.78 is 0. The minimum atomic E-state index is -0.901. The van der Waals surface area contributed by atoms with E-state index in [1.807, 2.05) is 0 Å². The molecule has 2 heteroatoms. The van der Waals surface area contributed by atoms with Crippen molar-refractivity contribution in [1.82, 2.24) is 0 Å². The van der Waals surface area contributed by atoms with E-state index in [4.69, 9.17) is 0 Å². The van der Waals surface area contributed by atoms with Crippen LogP contribution in [0.5, 0.6) is 0 Å². The summed E-state index contributed by atoms with van der Waals surface area (Å²) in [5.74, 6) is -0.901. The van der Waals surface area contributed by atoms with E-state index in [0.717, 1.165) is 12.8 Å². The van der Waals surface area contributed by atoms with Crippen LogP contribution in [0.1, 0.15) is 142 Å². The molecule has 0 aromatic heterocycles. The molecule has 0 bridgehead atoms. The van der Waals surface area contributed by atoms with Crippen molar-refractivity contribution in [1.29, 1.82) is 0 Å². The van der Waals surface area contributed by atoms with Crippen LogP contribution in [0.25, 0.3) is 0 Å². The first-order valence-electron chi connectivity index (χ1n) is 11.5. The first-order chi connectivity index (χ1) is 12.3. The smallest absolute Gasteiger partial charge is 0.247 e. The zero-order valence-electron chi connectivity index (χ0n) is 17.2. The van der Waals surface area contributed by atoms with Crippen LogP contribution in [0, 0.1) is 0 Å². The Hall–Kier alpha value is -0.530. The van der Waals surface area contributed by atoms with Gasteiger partial charge in [-0.2, -0.15) is 0 Å². The molecule has 0 saturated heterocycles. The molecule has 0 amide bonds. The molecule has 1 radical (unpaired) electrons. The largest absolute Gasteiger partial charge is 0.355 e. The van der Waals surface area contributed by atoms with Gasteiger partial charge in [0.25, 0.3) is 0 Å². The molecule has 0 aromatic rings. The quantitative estimate of drug-likeness (QED) is 0.192. The molecule has 0 aromatic carbocycles. The van der Waals surface area contributed by atoms with Gasteiger partial charge < -0.3 is 0 Å². The average molecular weight is 354 g/mol. The second-order valence-corrected chi connectivity index (χ2v) is 7.84. The van der Waals surface area contributed by atoms with Gasteiger partial charge in [0, 0.05) is 0 Å². The minimum Gasteiger partial charge on any atom is -0.247 e. The molecular weight excluding hydrogens is 308 g/mol. The van der Waals surface area contributed by atoms with Crippen LogP contribution in [-0.4, -0.2) is 5.97 Å². The predicted octanol–water partition coefficient (Wildman–Crippen LogP) is 8.16. The van der Waals surface area contributed by atoms with E-state index in [1.165, 1.54) is 116 Å². The molecular formula is C23H45O2. The van der Waals surface area contributed by atoms with Crippen LogP contribution >= 0.6 is 0 Å². The fraction of sp³-hybridized carbons (Fsp3) is 0.957. The third kappa shape index (κ3) is 23.5. The van der Waals surface area contributed by atoms with Crippen molar-refractivity contribution in [3.8, 4) is 0 Å². The molecule has 0 atom stereocenters. The van der Waals surface area contributed by atoms with Gasteiger partial charge in [0.15, 0.2) is 0 Å². The molecule has 25 heavy (non-hydrogen) atoms. The van der Waals surface area contributed by atoms with E-state index in [0.29, 0.717) is 0 Å². The molecule has 0 spiro atoms. The SMILES string of the molecule is CCCCCCCCCCCCCCCCCCCCCCC([O])=O. The van der Waals surface area contributed by atoms with Gasteiger partial charge in [-0.3, -0.25) is 0 Å². The van der Waals surface area contributed by atoms with E-state index in [1.54, 1.807) is 0 Å². The van der Waals surface area contributed by atoms with Gasteiger partial charge in [0.2, 0.25) is 0 Å². The number of carbonyl (C=O) groups excluding carboxylic acids is 1. The highest BCUT2D eigenvalue weighted by molar-refractivity contribution is 5.66. The number of carbonyl (C=O) groups is 1. The normalized spacial score (nSPS) is 11.1. The summed E-state index contributed by atoms with van der Waals surface area (Å²) in [5, 5.41) is 10.3. The highest BCUT2D eigenvalue weighted by Gasteiger charge is 1.99. The molecule has 0 aliphatic heterocycles. The number of hydrogen-bond donors (Lipinski definition) is 0. The van der Waals surface area contributed by atoms with Crippen molar-refractivity contribution in [3.63, 3.8) is 0 Å².